The summed E-state index contributed by atoms with van der Waals surface area (Å²) in [6.07, 6.45) is 5.89. The van der Waals surface area contributed by atoms with E-state index in [-0.39, 0.29) is 17.4 Å². The smallest absolute Gasteiger partial charge is 0.273 e. The summed E-state index contributed by atoms with van der Waals surface area (Å²) in [6, 6.07) is 0. The van der Waals surface area contributed by atoms with Crippen LogP contribution < -0.4 is 0 Å². The maximum atomic E-state index is 12.7. The Kier molecular flexibility index (Phi) is 4.39. The molecule has 2 saturated heterocycles. The van der Waals surface area contributed by atoms with E-state index in [9.17, 15) is 4.79 Å². The lowest BCUT2D eigenvalue weighted by Crippen LogP contribution is -2.58. The van der Waals surface area contributed by atoms with E-state index in [1.807, 2.05) is 10.3 Å². The molecule has 1 amide bonds. The number of fused-ring (bicyclic) bond motifs is 1. The molecule has 126 valence electrons. The van der Waals surface area contributed by atoms with Gasteiger partial charge in [0.05, 0.1) is 18.2 Å². The van der Waals surface area contributed by atoms with Crippen molar-refractivity contribution in [3.8, 4) is 0 Å². The van der Waals surface area contributed by atoms with Crippen LogP contribution in [0.2, 0.25) is 0 Å². The van der Waals surface area contributed by atoms with E-state index in [4.69, 9.17) is 9.47 Å². The molecule has 2 aliphatic heterocycles. The number of amides is 1. The number of likely N-dealkylation sites (tertiary alicyclic amines) is 1. The average Bonchev–Trinajstić information content (AvgIpc) is 3.24. The van der Waals surface area contributed by atoms with Gasteiger partial charge in [-0.3, -0.25) is 4.79 Å². The summed E-state index contributed by atoms with van der Waals surface area (Å²) < 4.78 is 12.1. The van der Waals surface area contributed by atoms with Gasteiger partial charge in [0.25, 0.3) is 5.91 Å². The molecule has 3 heterocycles. The van der Waals surface area contributed by atoms with Crippen molar-refractivity contribution in [3.63, 3.8) is 0 Å². The minimum absolute atomic E-state index is 0.0307. The molecule has 1 saturated carbocycles. The van der Waals surface area contributed by atoms with Gasteiger partial charge in [0.2, 0.25) is 0 Å². The van der Waals surface area contributed by atoms with Crippen molar-refractivity contribution in [2.75, 3.05) is 32.9 Å². The fraction of sp³-hybridized carbons (Fsp3) is 0.765. The number of carbonyl (C=O) groups is 1. The molecule has 23 heavy (non-hydrogen) atoms. The molecular formula is C17H24N2O3S. The van der Waals surface area contributed by atoms with E-state index in [0.717, 1.165) is 58.1 Å². The van der Waals surface area contributed by atoms with Crippen molar-refractivity contribution in [2.45, 2.75) is 38.2 Å². The standard InChI is InChI=1S/C17H24N2O3S/c20-16(14-9-23-12-18-14)19-6-4-15-17(10-19,5-1-7-22-15)11-21-8-13-2-3-13/h9,12-13,15H,1-8,10-11H2. The second kappa shape index (κ2) is 6.49. The van der Waals surface area contributed by atoms with Gasteiger partial charge < -0.3 is 14.4 Å². The van der Waals surface area contributed by atoms with Gasteiger partial charge in [-0.2, -0.15) is 0 Å². The summed E-state index contributed by atoms with van der Waals surface area (Å²) >= 11 is 1.47. The fourth-order valence-electron chi connectivity index (χ4n) is 3.87. The van der Waals surface area contributed by atoms with Gasteiger partial charge in [0, 0.05) is 37.1 Å². The van der Waals surface area contributed by atoms with Crippen molar-refractivity contribution < 1.29 is 14.3 Å². The Balaban J connectivity index is 1.46. The van der Waals surface area contributed by atoms with Gasteiger partial charge in [0.15, 0.2) is 0 Å². The zero-order valence-electron chi connectivity index (χ0n) is 13.4. The van der Waals surface area contributed by atoms with Gasteiger partial charge in [-0.1, -0.05) is 0 Å². The minimum Gasteiger partial charge on any atom is -0.380 e. The summed E-state index contributed by atoms with van der Waals surface area (Å²) in [5.41, 5.74) is 2.26. The van der Waals surface area contributed by atoms with E-state index >= 15 is 0 Å². The third kappa shape index (κ3) is 3.30. The Morgan fingerprint density at radius 3 is 3.17 bits per heavy atom. The number of hydrogen-bond acceptors (Lipinski definition) is 5. The van der Waals surface area contributed by atoms with Crippen LogP contribution in [0.5, 0.6) is 0 Å². The maximum absolute atomic E-state index is 12.7. The van der Waals surface area contributed by atoms with E-state index in [2.05, 4.69) is 4.98 Å². The Bertz CT molecular complexity index is 546. The molecule has 4 rings (SSSR count). The molecule has 5 nitrogen and oxygen atoms in total. The number of piperidine rings is 1. The molecule has 0 N–H and O–H groups in total. The predicted molar refractivity (Wildman–Crippen MR) is 87.6 cm³/mol. The van der Waals surface area contributed by atoms with E-state index in [1.54, 1.807) is 5.51 Å². The average molecular weight is 336 g/mol. The molecule has 6 heteroatoms. The van der Waals surface area contributed by atoms with Crippen LogP contribution in [0.3, 0.4) is 0 Å². The van der Waals surface area contributed by atoms with Crippen LogP contribution in [0.4, 0.5) is 0 Å². The SMILES string of the molecule is O=C(c1cscn1)N1CCC2OCCCC2(COCC2CC2)C1. The first-order chi connectivity index (χ1) is 11.3. The summed E-state index contributed by atoms with van der Waals surface area (Å²) in [6.45, 7) is 3.92. The lowest BCUT2D eigenvalue weighted by molar-refractivity contribution is -0.147. The summed E-state index contributed by atoms with van der Waals surface area (Å²) in [7, 11) is 0. The van der Waals surface area contributed by atoms with Crippen LogP contribution in [0.25, 0.3) is 0 Å². The molecule has 0 bridgehead atoms. The highest BCUT2D eigenvalue weighted by atomic mass is 32.1. The Morgan fingerprint density at radius 1 is 1.48 bits per heavy atom. The molecule has 0 aromatic carbocycles. The van der Waals surface area contributed by atoms with Gasteiger partial charge in [-0.15, -0.1) is 11.3 Å². The quantitative estimate of drug-likeness (QED) is 0.829. The molecule has 1 aromatic rings. The first kappa shape index (κ1) is 15.5. The fourth-order valence-corrected chi connectivity index (χ4v) is 4.39. The van der Waals surface area contributed by atoms with Gasteiger partial charge >= 0.3 is 0 Å². The first-order valence-corrected chi connectivity index (χ1v) is 9.58. The third-order valence-corrected chi connectivity index (χ3v) is 5.95. The van der Waals surface area contributed by atoms with Crippen LogP contribution in [-0.2, 0) is 9.47 Å². The summed E-state index contributed by atoms with van der Waals surface area (Å²) in [4.78, 5) is 18.8. The number of hydrogen-bond donors (Lipinski definition) is 0. The van der Waals surface area contributed by atoms with Crippen LogP contribution in [0.1, 0.15) is 42.6 Å². The highest BCUT2D eigenvalue weighted by Crippen LogP contribution is 2.41. The molecule has 0 spiro atoms. The first-order valence-electron chi connectivity index (χ1n) is 8.64. The number of carbonyl (C=O) groups excluding carboxylic acids is 1. The van der Waals surface area contributed by atoms with Gasteiger partial charge in [0.1, 0.15) is 5.69 Å². The van der Waals surface area contributed by atoms with Crippen LogP contribution in [-0.4, -0.2) is 54.8 Å². The van der Waals surface area contributed by atoms with Crippen LogP contribution in [0, 0.1) is 11.3 Å². The number of aromatic nitrogens is 1. The number of nitrogens with zero attached hydrogens (tertiary/aromatic N) is 2. The monoisotopic (exact) mass is 336 g/mol. The molecule has 2 atom stereocenters. The van der Waals surface area contributed by atoms with Crippen molar-refractivity contribution in [1.82, 2.24) is 9.88 Å². The summed E-state index contributed by atoms with van der Waals surface area (Å²) in [5, 5.41) is 1.84. The Hall–Kier alpha value is -0.980. The predicted octanol–water partition coefficient (Wildman–Crippen LogP) is 2.58. The van der Waals surface area contributed by atoms with Crippen molar-refractivity contribution in [1.29, 1.82) is 0 Å². The van der Waals surface area contributed by atoms with Crippen molar-refractivity contribution in [3.05, 3.63) is 16.6 Å². The van der Waals surface area contributed by atoms with E-state index in [0.29, 0.717) is 5.69 Å². The topological polar surface area (TPSA) is 51.7 Å². The minimum atomic E-state index is -0.0307. The zero-order valence-corrected chi connectivity index (χ0v) is 14.2. The molecule has 3 fully saturated rings. The second-order valence-corrected chi connectivity index (χ2v) is 7.89. The van der Waals surface area contributed by atoms with Crippen molar-refractivity contribution >= 4 is 17.2 Å². The second-order valence-electron chi connectivity index (χ2n) is 7.17. The molecule has 2 unspecified atom stereocenters. The summed E-state index contributed by atoms with van der Waals surface area (Å²) in [5.74, 6) is 0.822. The maximum Gasteiger partial charge on any atom is 0.273 e. The Labute approximate surface area is 141 Å². The van der Waals surface area contributed by atoms with E-state index in [1.165, 1.54) is 24.2 Å². The van der Waals surface area contributed by atoms with Crippen molar-refractivity contribution in [2.24, 2.45) is 11.3 Å². The lowest BCUT2D eigenvalue weighted by atomic mass is 9.73. The van der Waals surface area contributed by atoms with Crippen LogP contribution in [0.15, 0.2) is 10.9 Å². The van der Waals surface area contributed by atoms with E-state index < -0.39 is 0 Å². The largest absolute Gasteiger partial charge is 0.380 e. The zero-order chi connectivity index (χ0) is 15.7. The van der Waals surface area contributed by atoms with Crippen LogP contribution >= 0.6 is 11.3 Å². The third-order valence-electron chi connectivity index (χ3n) is 5.37. The lowest BCUT2D eigenvalue weighted by Gasteiger charge is -2.50. The molecule has 1 aliphatic carbocycles. The van der Waals surface area contributed by atoms with Gasteiger partial charge in [-0.05, 0) is 38.0 Å². The number of thiazole rings is 1. The molecule has 1 aromatic heterocycles. The van der Waals surface area contributed by atoms with Gasteiger partial charge in [-0.25, -0.2) is 4.98 Å². The highest BCUT2D eigenvalue weighted by Gasteiger charge is 2.47. The molecule has 3 aliphatic rings. The number of rotatable bonds is 5. The number of ether oxygens (including phenoxy) is 2. The normalized spacial score (nSPS) is 31.0. The molecular weight excluding hydrogens is 312 g/mol. The Morgan fingerprint density at radius 2 is 2.39 bits per heavy atom. The highest BCUT2D eigenvalue weighted by molar-refractivity contribution is 7.07. The molecule has 0 radical (unpaired) electrons.